The summed E-state index contributed by atoms with van der Waals surface area (Å²) in [5, 5.41) is 0. The highest BCUT2D eigenvalue weighted by Gasteiger charge is 2.19. The average Bonchev–Trinajstić information content (AvgIpc) is 3.49. The van der Waals surface area contributed by atoms with Crippen molar-refractivity contribution in [2.45, 2.75) is 348 Å². The molecule has 6 nitrogen and oxygen atoms in total. The first kappa shape index (κ1) is 79.1. The van der Waals surface area contributed by atoms with Gasteiger partial charge in [-0.15, -0.1) is 0 Å². The zero-order valence-electron chi connectivity index (χ0n) is 54.7. The highest BCUT2D eigenvalue weighted by molar-refractivity contribution is 5.71. The van der Waals surface area contributed by atoms with Crippen molar-refractivity contribution >= 4 is 17.9 Å². The van der Waals surface area contributed by atoms with Crippen LogP contribution in [0.4, 0.5) is 0 Å². The first-order chi connectivity index (χ1) is 41.0. The summed E-state index contributed by atoms with van der Waals surface area (Å²) in [6.07, 6.45) is 96.8. The minimum absolute atomic E-state index is 0.0842. The van der Waals surface area contributed by atoms with Crippen LogP contribution in [0.15, 0.2) is 109 Å². The molecule has 0 aromatic heterocycles. The molecular formula is C77H132O6. The van der Waals surface area contributed by atoms with Crippen LogP contribution in [-0.2, 0) is 28.6 Å². The van der Waals surface area contributed by atoms with Crippen molar-refractivity contribution < 1.29 is 28.6 Å². The lowest BCUT2D eigenvalue weighted by molar-refractivity contribution is -0.167. The molecule has 1 unspecified atom stereocenters. The summed E-state index contributed by atoms with van der Waals surface area (Å²) in [6.45, 7) is 6.55. The summed E-state index contributed by atoms with van der Waals surface area (Å²) in [7, 11) is 0. The fourth-order valence-electron chi connectivity index (χ4n) is 10.0. The SMILES string of the molecule is CC/C=C\C/C=C\C/C=C\C/C=C\C/C=C\C/C=C\C/C=C\C/C=C\C/C=C\CCCCCC(=O)OCC(COC(=O)CCCCCCCCCCCCCCCCC)OC(=O)CCCCCCCCCCCCCCCCCCCCC. The second kappa shape index (κ2) is 70.6. The number of ether oxygens (including phenoxy) is 3. The molecule has 0 saturated carbocycles. The van der Waals surface area contributed by atoms with E-state index in [1.54, 1.807) is 0 Å². The van der Waals surface area contributed by atoms with Crippen LogP contribution in [-0.4, -0.2) is 37.2 Å². The van der Waals surface area contributed by atoms with Crippen molar-refractivity contribution in [1.29, 1.82) is 0 Å². The van der Waals surface area contributed by atoms with Gasteiger partial charge in [-0.1, -0.05) is 342 Å². The number of carbonyl (C=O) groups is 3. The van der Waals surface area contributed by atoms with Gasteiger partial charge in [-0.2, -0.15) is 0 Å². The Morgan fingerprint density at radius 3 is 0.735 bits per heavy atom. The van der Waals surface area contributed by atoms with Gasteiger partial charge in [-0.3, -0.25) is 14.4 Å². The summed E-state index contributed by atoms with van der Waals surface area (Å²) in [5.74, 6) is -0.901. The van der Waals surface area contributed by atoms with Gasteiger partial charge in [0.05, 0.1) is 0 Å². The van der Waals surface area contributed by atoms with E-state index in [0.717, 1.165) is 122 Å². The summed E-state index contributed by atoms with van der Waals surface area (Å²) < 4.78 is 17.0. The molecule has 0 amide bonds. The van der Waals surface area contributed by atoms with E-state index in [-0.39, 0.29) is 31.1 Å². The van der Waals surface area contributed by atoms with Gasteiger partial charge in [0.2, 0.25) is 0 Å². The summed E-state index contributed by atoms with van der Waals surface area (Å²) in [4.78, 5) is 38.4. The molecule has 0 bridgehead atoms. The van der Waals surface area contributed by atoms with E-state index >= 15 is 0 Å². The monoisotopic (exact) mass is 1150 g/mol. The average molecular weight is 1150 g/mol. The molecule has 83 heavy (non-hydrogen) atoms. The van der Waals surface area contributed by atoms with Gasteiger partial charge in [0, 0.05) is 19.3 Å². The van der Waals surface area contributed by atoms with E-state index in [1.807, 2.05) is 0 Å². The normalized spacial score (nSPS) is 12.8. The van der Waals surface area contributed by atoms with Crippen molar-refractivity contribution in [3.8, 4) is 0 Å². The van der Waals surface area contributed by atoms with Crippen LogP contribution < -0.4 is 0 Å². The highest BCUT2D eigenvalue weighted by atomic mass is 16.6. The number of allylic oxidation sites excluding steroid dienone is 18. The molecule has 0 aromatic rings. The number of esters is 3. The fourth-order valence-corrected chi connectivity index (χ4v) is 10.0. The van der Waals surface area contributed by atoms with Crippen molar-refractivity contribution in [1.82, 2.24) is 0 Å². The lowest BCUT2D eigenvalue weighted by Crippen LogP contribution is -2.30. The predicted octanol–water partition coefficient (Wildman–Crippen LogP) is 24.6. The molecule has 0 saturated heterocycles. The molecule has 6 heteroatoms. The summed E-state index contributed by atoms with van der Waals surface area (Å²) in [5.41, 5.74) is 0. The molecule has 0 fully saturated rings. The maximum atomic E-state index is 12.9. The molecule has 0 spiro atoms. The third-order valence-corrected chi connectivity index (χ3v) is 15.3. The maximum Gasteiger partial charge on any atom is 0.306 e. The third-order valence-electron chi connectivity index (χ3n) is 15.3. The standard InChI is InChI=1S/C77H132O6/c1-4-7-10-13-16-19-22-25-28-30-32-33-34-35-36-37-38-39-40-41-42-43-45-46-49-52-55-58-61-64-67-70-76(79)82-73-74(72-81-75(78)69-66-63-60-57-54-51-48-27-24-21-18-15-12-9-6-3)83-77(80)71-68-65-62-59-56-53-50-47-44-31-29-26-23-20-17-14-11-8-5-2/h7,10,16,19,25,28,32-33,35-36,38-39,41-42,45-46,52,55,74H,4-6,8-9,11-15,17-18,20-24,26-27,29-31,34,37,40,43-44,47-51,53-54,56-73H2,1-3H3/b10-7-,19-16-,28-25-,33-32-,36-35-,39-38-,42-41-,46-45-,55-52-. The molecule has 0 aromatic carbocycles. The third kappa shape index (κ3) is 68.7. The van der Waals surface area contributed by atoms with Crippen LogP contribution in [0.2, 0.25) is 0 Å². The Balaban J connectivity index is 4.38. The number of hydrogen-bond acceptors (Lipinski definition) is 6. The number of hydrogen-bond donors (Lipinski definition) is 0. The summed E-state index contributed by atoms with van der Waals surface area (Å²) >= 11 is 0. The van der Waals surface area contributed by atoms with Crippen LogP contribution in [0.3, 0.4) is 0 Å². The Kier molecular flexibility index (Phi) is 67.2. The second-order valence-corrected chi connectivity index (χ2v) is 23.4. The largest absolute Gasteiger partial charge is 0.462 e. The molecule has 1 atom stereocenters. The number of rotatable bonds is 64. The van der Waals surface area contributed by atoms with Crippen LogP contribution in [0, 0.1) is 0 Å². The van der Waals surface area contributed by atoms with Crippen molar-refractivity contribution in [2.75, 3.05) is 13.2 Å². The van der Waals surface area contributed by atoms with Gasteiger partial charge in [0.15, 0.2) is 6.10 Å². The Morgan fingerprint density at radius 2 is 0.470 bits per heavy atom. The molecule has 0 aliphatic rings. The van der Waals surface area contributed by atoms with Crippen molar-refractivity contribution in [2.24, 2.45) is 0 Å². The topological polar surface area (TPSA) is 78.9 Å². The molecular weight excluding hydrogens is 1020 g/mol. The van der Waals surface area contributed by atoms with E-state index in [1.165, 1.54) is 180 Å². The van der Waals surface area contributed by atoms with Gasteiger partial charge >= 0.3 is 17.9 Å². The summed E-state index contributed by atoms with van der Waals surface area (Å²) in [6, 6.07) is 0. The number of unbranched alkanes of at least 4 members (excludes halogenated alkanes) is 35. The lowest BCUT2D eigenvalue weighted by Gasteiger charge is -2.18. The first-order valence-electron chi connectivity index (χ1n) is 35.4. The predicted molar refractivity (Wildman–Crippen MR) is 362 cm³/mol. The van der Waals surface area contributed by atoms with Gasteiger partial charge in [0.25, 0.3) is 0 Å². The van der Waals surface area contributed by atoms with Crippen molar-refractivity contribution in [3.05, 3.63) is 109 Å². The molecule has 0 heterocycles. The Labute approximate surface area is 514 Å². The van der Waals surface area contributed by atoms with Gasteiger partial charge in [0.1, 0.15) is 13.2 Å². The minimum Gasteiger partial charge on any atom is -0.462 e. The van der Waals surface area contributed by atoms with Gasteiger partial charge < -0.3 is 14.2 Å². The zero-order valence-corrected chi connectivity index (χ0v) is 54.7. The van der Waals surface area contributed by atoms with Gasteiger partial charge in [-0.05, 0) is 89.9 Å². The highest BCUT2D eigenvalue weighted by Crippen LogP contribution is 2.17. The number of carbonyl (C=O) groups excluding carboxylic acids is 3. The van der Waals surface area contributed by atoms with E-state index < -0.39 is 6.10 Å². The van der Waals surface area contributed by atoms with E-state index in [2.05, 4.69) is 130 Å². The Bertz CT molecular complexity index is 1660. The Hall–Kier alpha value is -3.93. The van der Waals surface area contributed by atoms with E-state index in [4.69, 9.17) is 14.2 Å². The molecule has 0 N–H and O–H groups in total. The fraction of sp³-hybridized carbons (Fsp3) is 0.727. The van der Waals surface area contributed by atoms with E-state index in [0.29, 0.717) is 19.3 Å². The molecule has 0 rings (SSSR count). The first-order valence-corrected chi connectivity index (χ1v) is 35.4. The van der Waals surface area contributed by atoms with Crippen LogP contribution in [0.5, 0.6) is 0 Å². The molecule has 0 aliphatic heterocycles. The molecule has 0 radical (unpaired) electrons. The lowest BCUT2D eigenvalue weighted by atomic mass is 10.0. The Morgan fingerprint density at radius 1 is 0.253 bits per heavy atom. The van der Waals surface area contributed by atoms with Crippen LogP contribution >= 0.6 is 0 Å². The van der Waals surface area contributed by atoms with Crippen molar-refractivity contribution in [3.63, 3.8) is 0 Å². The van der Waals surface area contributed by atoms with E-state index in [9.17, 15) is 14.4 Å². The minimum atomic E-state index is -0.791. The molecule has 476 valence electrons. The van der Waals surface area contributed by atoms with Crippen LogP contribution in [0.25, 0.3) is 0 Å². The smallest absolute Gasteiger partial charge is 0.306 e. The maximum absolute atomic E-state index is 12.9. The van der Waals surface area contributed by atoms with Gasteiger partial charge in [-0.25, -0.2) is 0 Å². The quantitative estimate of drug-likeness (QED) is 0.0261. The van der Waals surface area contributed by atoms with Crippen LogP contribution in [0.1, 0.15) is 342 Å². The zero-order chi connectivity index (χ0) is 59.9. The molecule has 0 aliphatic carbocycles. The second-order valence-electron chi connectivity index (χ2n) is 23.4.